The number of benzene rings is 1. The number of methoxy groups -OCH3 is 1. The number of para-hydroxylation sites is 1. The van der Waals surface area contributed by atoms with E-state index in [4.69, 9.17) is 4.74 Å². The van der Waals surface area contributed by atoms with Crippen molar-refractivity contribution in [2.45, 2.75) is 32.9 Å². The van der Waals surface area contributed by atoms with Crippen molar-refractivity contribution < 1.29 is 4.74 Å². The zero-order valence-corrected chi connectivity index (χ0v) is 16.6. The number of hydrogen-bond donors (Lipinski definition) is 2. The van der Waals surface area contributed by atoms with Crippen LogP contribution in [0.2, 0.25) is 0 Å². The Bertz CT molecular complexity index is 791. The first kappa shape index (κ1) is 19.0. The van der Waals surface area contributed by atoms with E-state index in [0.717, 1.165) is 48.0 Å². The van der Waals surface area contributed by atoms with Gasteiger partial charge in [0.15, 0.2) is 5.96 Å². The zero-order chi connectivity index (χ0) is 19.2. The number of ether oxygens (including phenoxy) is 1. The first-order chi connectivity index (χ1) is 13.1. The Balaban J connectivity index is 1.56. The lowest BCUT2D eigenvalue weighted by Crippen LogP contribution is -2.44. The lowest BCUT2D eigenvalue weighted by Gasteiger charge is -2.20. The highest BCUT2D eigenvalue weighted by Gasteiger charge is 2.23. The van der Waals surface area contributed by atoms with E-state index in [1.807, 2.05) is 20.0 Å². The lowest BCUT2D eigenvalue weighted by atomic mass is 10.1. The molecule has 2 heterocycles. The third-order valence-corrected chi connectivity index (χ3v) is 5.05. The molecule has 0 bridgehead atoms. The molecule has 1 aliphatic heterocycles. The maximum absolute atomic E-state index is 5.49. The molecule has 0 aliphatic carbocycles. The standard InChI is InChI=1S/C21H29N5O/c1-15-12-23-19(16(2)20(15)27-4)13-24-21(22-3)25-17-10-11-26(14-17)18-8-6-5-7-9-18/h5-9,12,17H,10-11,13-14H2,1-4H3,(H2,22,24,25). The van der Waals surface area contributed by atoms with Gasteiger partial charge in [-0.3, -0.25) is 9.98 Å². The highest BCUT2D eigenvalue weighted by Crippen LogP contribution is 2.24. The Kier molecular flexibility index (Phi) is 6.16. The van der Waals surface area contributed by atoms with Gasteiger partial charge in [-0.2, -0.15) is 0 Å². The normalized spacial score (nSPS) is 17.1. The summed E-state index contributed by atoms with van der Waals surface area (Å²) in [5.74, 6) is 1.70. The lowest BCUT2D eigenvalue weighted by molar-refractivity contribution is 0.406. The van der Waals surface area contributed by atoms with Crippen LogP contribution in [0.25, 0.3) is 0 Å². The third kappa shape index (κ3) is 4.51. The van der Waals surface area contributed by atoms with Crippen LogP contribution in [0.5, 0.6) is 5.75 Å². The zero-order valence-electron chi connectivity index (χ0n) is 16.6. The van der Waals surface area contributed by atoms with E-state index < -0.39 is 0 Å². The summed E-state index contributed by atoms with van der Waals surface area (Å²) >= 11 is 0. The fraction of sp³-hybridized carbons (Fsp3) is 0.429. The van der Waals surface area contributed by atoms with E-state index in [-0.39, 0.29) is 0 Å². The van der Waals surface area contributed by atoms with E-state index in [2.05, 4.69) is 55.8 Å². The number of anilines is 1. The minimum atomic E-state index is 0.373. The second kappa shape index (κ2) is 8.75. The molecule has 0 spiro atoms. The van der Waals surface area contributed by atoms with Gasteiger partial charge in [-0.15, -0.1) is 0 Å². The number of nitrogens with zero attached hydrogens (tertiary/aromatic N) is 3. The van der Waals surface area contributed by atoms with Crippen molar-refractivity contribution in [2.24, 2.45) is 4.99 Å². The largest absolute Gasteiger partial charge is 0.496 e. The van der Waals surface area contributed by atoms with Gasteiger partial charge in [0.25, 0.3) is 0 Å². The summed E-state index contributed by atoms with van der Waals surface area (Å²) in [5, 5.41) is 6.91. The molecule has 0 saturated carbocycles. The molecule has 2 N–H and O–H groups in total. The molecule has 1 aliphatic rings. The van der Waals surface area contributed by atoms with Crippen molar-refractivity contribution in [3.8, 4) is 5.75 Å². The maximum Gasteiger partial charge on any atom is 0.191 e. The first-order valence-corrected chi connectivity index (χ1v) is 9.38. The van der Waals surface area contributed by atoms with Crippen LogP contribution in [0.1, 0.15) is 23.2 Å². The number of aryl methyl sites for hydroxylation is 1. The van der Waals surface area contributed by atoms with Crippen LogP contribution in [0, 0.1) is 13.8 Å². The Labute approximate surface area is 161 Å². The quantitative estimate of drug-likeness (QED) is 0.628. The van der Waals surface area contributed by atoms with Crippen LogP contribution in [-0.4, -0.2) is 44.2 Å². The predicted octanol–water partition coefficient (Wildman–Crippen LogP) is 2.65. The second-order valence-corrected chi connectivity index (χ2v) is 6.88. The number of hydrogen-bond acceptors (Lipinski definition) is 4. The molecule has 1 aromatic carbocycles. The van der Waals surface area contributed by atoms with E-state index in [0.29, 0.717) is 12.6 Å². The molecule has 1 aromatic heterocycles. The van der Waals surface area contributed by atoms with Crippen molar-refractivity contribution in [3.05, 3.63) is 53.3 Å². The molecule has 27 heavy (non-hydrogen) atoms. The summed E-state index contributed by atoms with van der Waals surface area (Å²) in [6, 6.07) is 10.9. The van der Waals surface area contributed by atoms with Crippen molar-refractivity contribution in [3.63, 3.8) is 0 Å². The summed E-state index contributed by atoms with van der Waals surface area (Å²) in [7, 11) is 3.50. The molecule has 144 valence electrons. The second-order valence-electron chi connectivity index (χ2n) is 6.88. The van der Waals surface area contributed by atoms with Crippen molar-refractivity contribution in [2.75, 3.05) is 32.1 Å². The van der Waals surface area contributed by atoms with Gasteiger partial charge < -0.3 is 20.3 Å². The molecule has 1 saturated heterocycles. The van der Waals surface area contributed by atoms with Crippen LogP contribution in [0.15, 0.2) is 41.5 Å². The SMILES string of the molecule is CN=C(NCc1ncc(C)c(OC)c1C)NC1CCN(c2ccccc2)C1. The Morgan fingerprint density at radius 2 is 2.07 bits per heavy atom. The third-order valence-electron chi connectivity index (χ3n) is 5.05. The van der Waals surface area contributed by atoms with Crippen molar-refractivity contribution in [1.29, 1.82) is 0 Å². The van der Waals surface area contributed by atoms with Crippen LogP contribution in [0.4, 0.5) is 5.69 Å². The van der Waals surface area contributed by atoms with E-state index in [9.17, 15) is 0 Å². The fourth-order valence-electron chi connectivity index (χ4n) is 3.56. The highest BCUT2D eigenvalue weighted by atomic mass is 16.5. The minimum absolute atomic E-state index is 0.373. The molecule has 6 heteroatoms. The van der Waals surface area contributed by atoms with Gasteiger partial charge in [0, 0.05) is 49.2 Å². The summed E-state index contributed by atoms with van der Waals surface area (Å²) in [4.78, 5) is 11.3. The monoisotopic (exact) mass is 367 g/mol. The van der Waals surface area contributed by atoms with Crippen LogP contribution < -0.4 is 20.3 Å². The molecule has 1 unspecified atom stereocenters. The van der Waals surface area contributed by atoms with Crippen molar-refractivity contribution in [1.82, 2.24) is 15.6 Å². The number of aliphatic imine (C=N–C) groups is 1. The smallest absolute Gasteiger partial charge is 0.191 e. The Morgan fingerprint density at radius 1 is 1.30 bits per heavy atom. The van der Waals surface area contributed by atoms with E-state index in [1.165, 1.54) is 5.69 Å². The molecule has 3 rings (SSSR count). The van der Waals surface area contributed by atoms with Crippen LogP contribution >= 0.6 is 0 Å². The summed E-state index contributed by atoms with van der Waals surface area (Å²) < 4.78 is 5.49. The summed E-state index contributed by atoms with van der Waals surface area (Å²) in [5.41, 5.74) is 4.36. The molecular weight excluding hydrogens is 338 g/mol. The van der Waals surface area contributed by atoms with Gasteiger partial charge in [0.05, 0.1) is 19.3 Å². The summed E-state index contributed by atoms with van der Waals surface area (Å²) in [6.45, 7) is 6.68. The van der Waals surface area contributed by atoms with Gasteiger partial charge in [-0.1, -0.05) is 18.2 Å². The number of nitrogens with one attached hydrogen (secondary N) is 2. The number of aromatic nitrogens is 1. The summed E-state index contributed by atoms with van der Waals surface area (Å²) in [6.07, 6.45) is 2.94. The molecule has 1 atom stereocenters. The topological polar surface area (TPSA) is 61.8 Å². The van der Waals surface area contributed by atoms with E-state index in [1.54, 1.807) is 14.2 Å². The first-order valence-electron chi connectivity index (χ1n) is 9.38. The molecule has 0 radical (unpaired) electrons. The Hall–Kier alpha value is -2.76. The highest BCUT2D eigenvalue weighted by molar-refractivity contribution is 5.80. The van der Waals surface area contributed by atoms with Crippen LogP contribution in [-0.2, 0) is 6.54 Å². The van der Waals surface area contributed by atoms with Gasteiger partial charge in [0.1, 0.15) is 5.75 Å². The Morgan fingerprint density at radius 3 is 2.78 bits per heavy atom. The van der Waals surface area contributed by atoms with Crippen molar-refractivity contribution >= 4 is 11.6 Å². The number of guanidine groups is 1. The molecule has 6 nitrogen and oxygen atoms in total. The molecule has 1 fully saturated rings. The fourth-order valence-corrected chi connectivity index (χ4v) is 3.56. The van der Waals surface area contributed by atoms with Gasteiger partial charge in [-0.05, 0) is 32.4 Å². The number of pyridine rings is 1. The van der Waals surface area contributed by atoms with Gasteiger partial charge in [0.2, 0.25) is 0 Å². The average Bonchev–Trinajstić information content (AvgIpc) is 3.16. The van der Waals surface area contributed by atoms with E-state index >= 15 is 0 Å². The average molecular weight is 367 g/mol. The molecular formula is C21H29N5O. The molecule has 0 amide bonds. The maximum atomic E-state index is 5.49. The van der Waals surface area contributed by atoms with Gasteiger partial charge in [-0.25, -0.2) is 0 Å². The number of rotatable bonds is 5. The van der Waals surface area contributed by atoms with Crippen LogP contribution in [0.3, 0.4) is 0 Å². The minimum Gasteiger partial charge on any atom is -0.496 e. The van der Waals surface area contributed by atoms with Gasteiger partial charge >= 0.3 is 0 Å². The predicted molar refractivity (Wildman–Crippen MR) is 111 cm³/mol. The molecule has 2 aromatic rings.